The summed E-state index contributed by atoms with van der Waals surface area (Å²) in [5.41, 5.74) is 0.927. The van der Waals surface area contributed by atoms with Crippen LogP contribution in [0, 0.1) is 6.92 Å². The molecule has 0 saturated carbocycles. The Kier molecular flexibility index (Phi) is 4.55. The highest BCUT2D eigenvalue weighted by Gasteiger charge is 2.04. The quantitative estimate of drug-likeness (QED) is 0.888. The third-order valence-electron chi connectivity index (χ3n) is 1.81. The van der Waals surface area contributed by atoms with Crippen molar-refractivity contribution in [1.29, 1.82) is 0 Å². The van der Waals surface area contributed by atoms with Gasteiger partial charge in [-0.25, -0.2) is 9.78 Å². The maximum absolute atomic E-state index is 11.3. The van der Waals surface area contributed by atoms with Gasteiger partial charge in [0.15, 0.2) is 0 Å². The molecule has 1 heterocycles. The largest absolute Gasteiger partial charge is 0.338 e. The molecule has 0 aliphatic rings. The number of carbonyl (C=O) groups excluding carboxylic acids is 1. The highest BCUT2D eigenvalue weighted by atomic mass is 79.9. The minimum atomic E-state index is -0.213. The third kappa shape index (κ3) is 3.87. The molecule has 0 unspecified atom stereocenters. The average Bonchev–Trinajstić information content (AvgIpc) is 2.19. The van der Waals surface area contributed by atoms with E-state index in [0.717, 1.165) is 16.5 Å². The molecule has 0 atom stereocenters. The second-order valence-corrected chi connectivity index (χ2v) is 4.12. The Morgan fingerprint density at radius 2 is 2.33 bits per heavy atom. The van der Waals surface area contributed by atoms with Crippen molar-refractivity contribution in [3.8, 4) is 0 Å². The molecule has 1 aromatic rings. The standard InChI is InChI=1S/C10H14BrN3O/c1-3-4-12-10(15)14-9-7(2)5-8(11)6-13-9/h5-6H,3-4H2,1-2H3,(H2,12,13,14,15). The van der Waals surface area contributed by atoms with Crippen molar-refractivity contribution in [1.82, 2.24) is 10.3 Å². The van der Waals surface area contributed by atoms with Crippen molar-refractivity contribution in [3.05, 3.63) is 22.3 Å². The molecule has 15 heavy (non-hydrogen) atoms. The van der Waals surface area contributed by atoms with Gasteiger partial charge in [0.25, 0.3) is 0 Å². The summed E-state index contributed by atoms with van der Waals surface area (Å²) in [6.07, 6.45) is 2.57. The Morgan fingerprint density at radius 1 is 1.60 bits per heavy atom. The Bertz CT molecular complexity index is 355. The fourth-order valence-corrected chi connectivity index (χ4v) is 1.51. The number of amides is 2. The van der Waals surface area contributed by atoms with Crippen molar-refractivity contribution in [2.45, 2.75) is 20.3 Å². The number of pyridine rings is 1. The molecule has 1 aromatic heterocycles. The molecule has 82 valence electrons. The van der Waals surface area contributed by atoms with Crippen LogP contribution in [0.15, 0.2) is 16.7 Å². The molecule has 0 saturated heterocycles. The zero-order valence-electron chi connectivity index (χ0n) is 8.80. The van der Waals surface area contributed by atoms with E-state index in [2.05, 4.69) is 31.5 Å². The summed E-state index contributed by atoms with van der Waals surface area (Å²) >= 11 is 3.31. The van der Waals surface area contributed by atoms with Crippen LogP contribution in [-0.4, -0.2) is 17.6 Å². The second kappa shape index (κ2) is 5.70. The Morgan fingerprint density at radius 3 is 2.93 bits per heavy atom. The number of hydrogen-bond donors (Lipinski definition) is 2. The van der Waals surface area contributed by atoms with Crippen LogP contribution in [0.5, 0.6) is 0 Å². The van der Waals surface area contributed by atoms with Gasteiger partial charge in [-0.15, -0.1) is 0 Å². The summed E-state index contributed by atoms with van der Waals surface area (Å²) in [7, 11) is 0. The number of aryl methyl sites for hydroxylation is 1. The molecule has 0 aliphatic heterocycles. The molecule has 0 fully saturated rings. The second-order valence-electron chi connectivity index (χ2n) is 3.20. The van der Waals surface area contributed by atoms with Crippen LogP contribution in [0.25, 0.3) is 0 Å². The predicted molar refractivity (Wildman–Crippen MR) is 64.0 cm³/mol. The number of nitrogens with one attached hydrogen (secondary N) is 2. The van der Waals surface area contributed by atoms with E-state index in [4.69, 9.17) is 0 Å². The van der Waals surface area contributed by atoms with Crippen molar-refractivity contribution in [2.24, 2.45) is 0 Å². The van der Waals surface area contributed by atoms with E-state index in [9.17, 15) is 4.79 Å². The molecule has 0 bridgehead atoms. The molecule has 4 nitrogen and oxygen atoms in total. The number of hydrogen-bond acceptors (Lipinski definition) is 2. The lowest BCUT2D eigenvalue weighted by molar-refractivity contribution is 0.252. The lowest BCUT2D eigenvalue weighted by atomic mass is 10.3. The van der Waals surface area contributed by atoms with Gasteiger partial charge in [-0.05, 0) is 40.9 Å². The molecule has 2 amide bonds. The maximum Gasteiger partial charge on any atom is 0.320 e. The lowest BCUT2D eigenvalue weighted by Gasteiger charge is -2.08. The smallest absolute Gasteiger partial charge is 0.320 e. The molecule has 0 radical (unpaired) electrons. The van der Waals surface area contributed by atoms with Crippen LogP contribution in [0.3, 0.4) is 0 Å². The summed E-state index contributed by atoms with van der Waals surface area (Å²) in [6, 6.07) is 1.69. The number of halogens is 1. The van der Waals surface area contributed by atoms with Crippen LogP contribution in [0.2, 0.25) is 0 Å². The van der Waals surface area contributed by atoms with Gasteiger partial charge in [-0.3, -0.25) is 5.32 Å². The van der Waals surface area contributed by atoms with Crippen molar-refractivity contribution >= 4 is 27.8 Å². The molecular formula is C10H14BrN3O. The topological polar surface area (TPSA) is 54.0 Å². The van der Waals surface area contributed by atoms with Gasteiger partial charge < -0.3 is 5.32 Å². The van der Waals surface area contributed by atoms with Crippen molar-refractivity contribution < 1.29 is 4.79 Å². The molecule has 5 heteroatoms. The number of aromatic nitrogens is 1. The average molecular weight is 272 g/mol. The number of rotatable bonds is 3. The van der Waals surface area contributed by atoms with E-state index in [1.165, 1.54) is 0 Å². The van der Waals surface area contributed by atoms with E-state index >= 15 is 0 Å². The minimum Gasteiger partial charge on any atom is -0.338 e. The fourth-order valence-electron chi connectivity index (χ4n) is 1.06. The van der Waals surface area contributed by atoms with Crippen LogP contribution >= 0.6 is 15.9 Å². The van der Waals surface area contributed by atoms with Gasteiger partial charge in [-0.1, -0.05) is 6.92 Å². The van der Waals surface area contributed by atoms with Crippen LogP contribution in [0.4, 0.5) is 10.6 Å². The van der Waals surface area contributed by atoms with Gasteiger partial charge in [0.1, 0.15) is 5.82 Å². The summed E-state index contributed by atoms with van der Waals surface area (Å²) in [5, 5.41) is 5.41. The highest BCUT2D eigenvalue weighted by Crippen LogP contribution is 2.16. The van der Waals surface area contributed by atoms with Crippen LogP contribution in [-0.2, 0) is 0 Å². The van der Waals surface area contributed by atoms with Gasteiger partial charge in [0, 0.05) is 17.2 Å². The first-order valence-electron chi connectivity index (χ1n) is 4.80. The van der Waals surface area contributed by atoms with Gasteiger partial charge >= 0.3 is 6.03 Å². The summed E-state index contributed by atoms with van der Waals surface area (Å²) in [6.45, 7) is 4.57. The number of anilines is 1. The monoisotopic (exact) mass is 271 g/mol. The zero-order chi connectivity index (χ0) is 11.3. The van der Waals surface area contributed by atoms with Crippen LogP contribution < -0.4 is 10.6 Å². The normalized spacial score (nSPS) is 9.80. The molecule has 1 rings (SSSR count). The fraction of sp³-hybridized carbons (Fsp3) is 0.400. The van der Waals surface area contributed by atoms with E-state index in [1.54, 1.807) is 6.20 Å². The first-order valence-corrected chi connectivity index (χ1v) is 5.59. The summed E-state index contributed by atoms with van der Waals surface area (Å²) < 4.78 is 0.902. The number of urea groups is 1. The summed E-state index contributed by atoms with van der Waals surface area (Å²) in [5.74, 6) is 0.590. The molecule has 0 spiro atoms. The van der Waals surface area contributed by atoms with E-state index in [-0.39, 0.29) is 6.03 Å². The maximum atomic E-state index is 11.3. The lowest BCUT2D eigenvalue weighted by Crippen LogP contribution is -2.29. The Hall–Kier alpha value is -1.10. The first kappa shape index (κ1) is 12.0. The number of nitrogens with zero attached hydrogens (tertiary/aromatic N) is 1. The van der Waals surface area contributed by atoms with E-state index < -0.39 is 0 Å². The molecular weight excluding hydrogens is 258 g/mol. The molecule has 2 N–H and O–H groups in total. The SMILES string of the molecule is CCCNC(=O)Nc1ncc(Br)cc1C. The van der Waals surface area contributed by atoms with Gasteiger partial charge in [0.05, 0.1) is 0 Å². The molecule has 0 aliphatic carbocycles. The Labute approximate surface area is 97.6 Å². The number of carbonyl (C=O) groups is 1. The van der Waals surface area contributed by atoms with Crippen molar-refractivity contribution in [3.63, 3.8) is 0 Å². The van der Waals surface area contributed by atoms with Crippen LogP contribution in [0.1, 0.15) is 18.9 Å². The minimum absolute atomic E-state index is 0.213. The molecule has 0 aromatic carbocycles. The van der Waals surface area contributed by atoms with Gasteiger partial charge in [0.2, 0.25) is 0 Å². The van der Waals surface area contributed by atoms with Crippen molar-refractivity contribution in [2.75, 3.05) is 11.9 Å². The predicted octanol–water partition coefficient (Wildman–Crippen LogP) is 2.68. The van der Waals surface area contributed by atoms with E-state index in [1.807, 2.05) is 19.9 Å². The highest BCUT2D eigenvalue weighted by molar-refractivity contribution is 9.10. The summed E-state index contributed by atoms with van der Waals surface area (Å²) in [4.78, 5) is 15.4. The third-order valence-corrected chi connectivity index (χ3v) is 2.25. The first-order chi connectivity index (χ1) is 7.13. The Balaban J connectivity index is 2.60. The zero-order valence-corrected chi connectivity index (χ0v) is 10.4. The van der Waals surface area contributed by atoms with E-state index in [0.29, 0.717) is 12.4 Å². The van der Waals surface area contributed by atoms with Gasteiger partial charge in [-0.2, -0.15) is 0 Å².